The van der Waals surface area contributed by atoms with E-state index in [9.17, 15) is 39.6 Å². The lowest BCUT2D eigenvalue weighted by Crippen LogP contribution is -2.13. The van der Waals surface area contributed by atoms with Crippen LogP contribution in [0, 0.1) is 0 Å². The molecule has 4 aromatic rings. The third-order valence-electron chi connectivity index (χ3n) is 5.28. The van der Waals surface area contributed by atoms with Gasteiger partial charge in [0.2, 0.25) is 0 Å². The Bertz CT molecular complexity index is 1580. The zero-order valence-corrected chi connectivity index (χ0v) is 19.7. The average Bonchev–Trinajstić information content (AvgIpc) is 2.90. The number of rotatable bonds is 10. The van der Waals surface area contributed by atoms with Gasteiger partial charge >= 0.3 is 23.9 Å². The van der Waals surface area contributed by atoms with Crippen LogP contribution in [0.25, 0.3) is 0 Å². The number of para-hydroxylation sites is 1. The van der Waals surface area contributed by atoms with E-state index in [4.69, 9.17) is 14.2 Å². The molecule has 0 unspecified atom stereocenters. The molecule has 0 aliphatic heterocycles. The summed E-state index contributed by atoms with van der Waals surface area (Å²) in [6.45, 7) is 0. The minimum absolute atomic E-state index is 0.178. The van der Waals surface area contributed by atoms with Gasteiger partial charge in [0.15, 0.2) is 11.5 Å². The summed E-state index contributed by atoms with van der Waals surface area (Å²) in [6.07, 6.45) is 0. The fourth-order valence-electron chi connectivity index (χ4n) is 3.59. The van der Waals surface area contributed by atoms with E-state index in [1.165, 1.54) is 18.2 Å². The first-order valence-electron chi connectivity index (χ1n) is 11.1. The first-order valence-corrected chi connectivity index (χ1v) is 11.1. The predicted octanol–water partition coefficient (Wildman–Crippen LogP) is 5.86. The largest absolute Gasteiger partial charge is 0.478 e. The summed E-state index contributed by atoms with van der Waals surface area (Å²) in [4.78, 5) is 47.3. The standard InChI is InChI=1S/C28H18O11/c29-25(30)18-7-4-8-20(22(18)27(33)34)39-24-21(14-13-19(26(31)32)23(24)28(35)36)38-17-11-9-16(10-12-17)37-15-5-2-1-3-6-15/h1-14H,(H,29,30)(H,31,32)(H,33,34)(H,35,36). The van der Waals surface area contributed by atoms with E-state index in [2.05, 4.69) is 0 Å². The summed E-state index contributed by atoms with van der Waals surface area (Å²) < 4.78 is 17.1. The highest BCUT2D eigenvalue weighted by Crippen LogP contribution is 2.41. The predicted molar refractivity (Wildman–Crippen MR) is 134 cm³/mol. The second kappa shape index (κ2) is 11.0. The molecular weight excluding hydrogens is 512 g/mol. The normalized spacial score (nSPS) is 10.4. The lowest BCUT2D eigenvalue weighted by atomic mass is 10.0. The van der Waals surface area contributed by atoms with Crippen LogP contribution >= 0.6 is 0 Å². The van der Waals surface area contributed by atoms with Crippen LogP contribution < -0.4 is 14.2 Å². The van der Waals surface area contributed by atoms with E-state index in [1.807, 2.05) is 6.07 Å². The van der Waals surface area contributed by atoms with Crippen molar-refractivity contribution in [3.63, 3.8) is 0 Å². The maximum absolute atomic E-state index is 12.1. The molecule has 0 saturated heterocycles. The summed E-state index contributed by atoms with van der Waals surface area (Å²) in [7, 11) is 0. The molecule has 0 spiro atoms. The highest BCUT2D eigenvalue weighted by atomic mass is 16.5. The van der Waals surface area contributed by atoms with Crippen LogP contribution in [0.3, 0.4) is 0 Å². The molecule has 0 saturated carbocycles. The lowest BCUT2D eigenvalue weighted by molar-refractivity contribution is 0.0645. The van der Waals surface area contributed by atoms with Gasteiger partial charge in [-0.05, 0) is 60.7 Å². The molecule has 0 atom stereocenters. The van der Waals surface area contributed by atoms with Crippen molar-refractivity contribution < 1.29 is 53.8 Å². The molecule has 11 nitrogen and oxygen atoms in total. The smallest absolute Gasteiger partial charge is 0.340 e. The zero-order valence-electron chi connectivity index (χ0n) is 19.7. The number of hydrogen-bond acceptors (Lipinski definition) is 7. The van der Waals surface area contributed by atoms with E-state index >= 15 is 0 Å². The van der Waals surface area contributed by atoms with Crippen molar-refractivity contribution in [1.82, 2.24) is 0 Å². The minimum Gasteiger partial charge on any atom is -0.478 e. The van der Waals surface area contributed by atoms with Crippen molar-refractivity contribution in [1.29, 1.82) is 0 Å². The van der Waals surface area contributed by atoms with E-state index < -0.39 is 57.6 Å². The second-order valence-corrected chi connectivity index (χ2v) is 7.81. The molecule has 196 valence electrons. The molecule has 0 aliphatic rings. The maximum Gasteiger partial charge on any atom is 0.340 e. The Hall–Kier alpha value is -5.84. The Morgan fingerprint density at radius 3 is 1.54 bits per heavy atom. The zero-order chi connectivity index (χ0) is 28.1. The molecular formula is C28H18O11. The van der Waals surface area contributed by atoms with Crippen molar-refractivity contribution in [3.05, 3.63) is 107 Å². The van der Waals surface area contributed by atoms with Crippen LogP contribution in [-0.2, 0) is 0 Å². The minimum atomic E-state index is -1.70. The third kappa shape index (κ3) is 5.78. The van der Waals surface area contributed by atoms with Gasteiger partial charge < -0.3 is 34.6 Å². The molecule has 0 fully saturated rings. The Morgan fingerprint density at radius 2 is 0.974 bits per heavy atom. The summed E-state index contributed by atoms with van der Waals surface area (Å²) in [5, 5.41) is 38.4. The van der Waals surface area contributed by atoms with Crippen LogP contribution in [0.4, 0.5) is 0 Å². The molecule has 0 aliphatic carbocycles. The van der Waals surface area contributed by atoms with Gasteiger partial charge in [0.05, 0.1) is 11.1 Å². The van der Waals surface area contributed by atoms with Crippen molar-refractivity contribution >= 4 is 23.9 Å². The second-order valence-electron chi connectivity index (χ2n) is 7.81. The molecule has 4 aromatic carbocycles. The monoisotopic (exact) mass is 530 g/mol. The molecule has 39 heavy (non-hydrogen) atoms. The molecule has 11 heteroatoms. The van der Waals surface area contributed by atoms with Gasteiger partial charge in [-0.2, -0.15) is 0 Å². The number of carbonyl (C=O) groups is 4. The van der Waals surface area contributed by atoms with Crippen LogP contribution in [0.5, 0.6) is 34.5 Å². The van der Waals surface area contributed by atoms with E-state index in [0.717, 1.165) is 24.3 Å². The highest BCUT2D eigenvalue weighted by Gasteiger charge is 2.29. The van der Waals surface area contributed by atoms with Crippen LogP contribution in [-0.4, -0.2) is 44.3 Å². The number of ether oxygens (including phenoxy) is 3. The topological polar surface area (TPSA) is 177 Å². The summed E-state index contributed by atoms with van der Waals surface area (Å²) in [6, 6.07) is 20.6. The Balaban J connectivity index is 1.78. The number of aromatic carboxylic acids is 4. The molecule has 4 rings (SSSR count). The first kappa shape index (κ1) is 26.2. The average molecular weight is 530 g/mol. The fraction of sp³-hybridized carbons (Fsp3) is 0. The van der Waals surface area contributed by atoms with Gasteiger partial charge in [0, 0.05) is 0 Å². The molecule has 0 aromatic heterocycles. The van der Waals surface area contributed by atoms with Gasteiger partial charge in [-0.25, -0.2) is 19.2 Å². The summed E-state index contributed by atoms with van der Waals surface area (Å²) in [5.41, 5.74) is -2.89. The van der Waals surface area contributed by atoms with Crippen molar-refractivity contribution in [2.75, 3.05) is 0 Å². The van der Waals surface area contributed by atoms with Gasteiger partial charge in [-0.1, -0.05) is 24.3 Å². The number of benzene rings is 4. The van der Waals surface area contributed by atoms with E-state index in [0.29, 0.717) is 11.5 Å². The molecule has 4 N–H and O–H groups in total. The molecule has 0 radical (unpaired) electrons. The fourth-order valence-corrected chi connectivity index (χ4v) is 3.59. The number of carboxylic acids is 4. The van der Waals surface area contributed by atoms with Gasteiger partial charge in [-0.15, -0.1) is 0 Å². The maximum atomic E-state index is 12.1. The van der Waals surface area contributed by atoms with E-state index in [-0.39, 0.29) is 11.5 Å². The molecule has 0 heterocycles. The van der Waals surface area contributed by atoms with Crippen molar-refractivity contribution in [2.24, 2.45) is 0 Å². The van der Waals surface area contributed by atoms with Crippen molar-refractivity contribution in [3.8, 4) is 34.5 Å². The number of carboxylic acid groups (broad SMARTS) is 4. The quantitative estimate of drug-likeness (QED) is 0.193. The SMILES string of the molecule is O=C(O)c1cccc(Oc2c(Oc3ccc(Oc4ccccc4)cc3)ccc(C(=O)O)c2C(=O)O)c1C(=O)O. The van der Waals surface area contributed by atoms with Crippen LogP contribution in [0.15, 0.2) is 84.9 Å². The van der Waals surface area contributed by atoms with E-state index in [1.54, 1.807) is 36.4 Å². The summed E-state index contributed by atoms with van der Waals surface area (Å²) in [5.74, 6) is -6.74. The Labute approximate surface area is 219 Å². The summed E-state index contributed by atoms with van der Waals surface area (Å²) >= 11 is 0. The highest BCUT2D eigenvalue weighted by molar-refractivity contribution is 6.06. The van der Waals surface area contributed by atoms with Gasteiger partial charge in [0.1, 0.15) is 34.1 Å². The third-order valence-corrected chi connectivity index (χ3v) is 5.28. The van der Waals surface area contributed by atoms with Gasteiger partial charge in [0.25, 0.3) is 0 Å². The Kier molecular flexibility index (Phi) is 7.43. The number of hydrogen-bond donors (Lipinski definition) is 4. The lowest BCUT2D eigenvalue weighted by Gasteiger charge is -2.18. The van der Waals surface area contributed by atoms with Gasteiger partial charge in [-0.3, -0.25) is 0 Å². The van der Waals surface area contributed by atoms with Crippen LogP contribution in [0.2, 0.25) is 0 Å². The molecule has 0 bridgehead atoms. The first-order chi connectivity index (χ1) is 18.7. The Morgan fingerprint density at radius 1 is 0.436 bits per heavy atom. The molecule has 0 amide bonds. The van der Waals surface area contributed by atoms with Crippen molar-refractivity contribution in [2.45, 2.75) is 0 Å². The van der Waals surface area contributed by atoms with Crippen LogP contribution in [0.1, 0.15) is 41.4 Å².